The predicted octanol–water partition coefficient (Wildman–Crippen LogP) is 7.17. The van der Waals surface area contributed by atoms with E-state index in [-0.39, 0.29) is 11.2 Å². The number of alkyl halides is 2. The van der Waals surface area contributed by atoms with Crippen molar-refractivity contribution < 1.29 is 13.5 Å². The highest BCUT2D eigenvalue weighted by atomic mass is 127. The second-order valence-corrected chi connectivity index (χ2v) is 8.18. The van der Waals surface area contributed by atoms with Crippen LogP contribution in [0.25, 0.3) is 0 Å². The van der Waals surface area contributed by atoms with Gasteiger partial charge in [-0.1, -0.05) is 73.1 Å². The first-order valence-electron chi connectivity index (χ1n) is 8.66. The quantitative estimate of drug-likeness (QED) is 0.406. The fourth-order valence-corrected chi connectivity index (χ4v) is 3.77. The van der Waals surface area contributed by atoms with Gasteiger partial charge in [-0.05, 0) is 48.3 Å². The average molecular weight is 448 g/mol. The fourth-order valence-electron chi connectivity index (χ4n) is 3.51. The van der Waals surface area contributed by atoms with Crippen LogP contribution in [0.2, 0.25) is 0 Å². The van der Waals surface area contributed by atoms with Gasteiger partial charge in [-0.3, -0.25) is 0 Å². The van der Waals surface area contributed by atoms with Crippen LogP contribution in [0.1, 0.15) is 52.9 Å². The van der Waals surface area contributed by atoms with Crippen LogP contribution >= 0.6 is 22.6 Å². The van der Waals surface area contributed by atoms with Crippen molar-refractivity contribution >= 4 is 22.6 Å². The zero-order valence-electron chi connectivity index (χ0n) is 14.7. The molecule has 24 heavy (non-hydrogen) atoms. The van der Waals surface area contributed by atoms with Crippen LogP contribution in [0, 0.1) is 17.3 Å². The molecule has 0 aromatic carbocycles. The maximum atomic E-state index is 14.6. The molecule has 1 unspecified atom stereocenters. The topological polar surface area (TPSA) is 9.23 Å². The van der Waals surface area contributed by atoms with E-state index in [1.807, 2.05) is 36.2 Å². The van der Waals surface area contributed by atoms with Gasteiger partial charge in [0.15, 0.2) is 0 Å². The van der Waals surface area contributed by atoms with Gasteiger partial charge in [0.1, 0.15) is 5.76 Å². The predicted molar refractivity (Wildman–Crippen MR) is 104 cm³/mol. The molecule has 1 saturated carbocycles. The summed E-state index contributed by atoms with van der Waals surface area (Å²) < 4.78 is 36.4. The van der Waals surface area contributed by atoms with Crippen LogP contribution in [-0.4, -0.2) is 6.11 Å². The van der Waals surface area contributed by atoms with E-state index in [0.29, 0.717) is 18.8 Å². The molecule has 134 valence electrons. The number of ether oxygens (including phenoxy) is 1. The van der Waals surface area contributed by atoms with Crippen LogP contribution in [0.4, 0.5) is 8.78 Å². The molecule has 0 bridgehead atoms. The zero-order chi connectivity index (χ0) is 17.8. The molecule has 0 aromatic rings. The second kappa shape index (κ2) is 8.15. The van der Waals surface area contributed by atoms with Gasteiger partial charge in [-0.25, -0.2) is 0 Å². The Labute approximate surface area is 158 Å². The third kappa shape index (κ3) is 5.43. The normalized spacial score (nSPS) is 31.6. The maximum Gasteiger partial charge on any atom is 0.400 e. The summed E-state index contributed by atoms with van der Waals surface area (Å²) >= 11 is 2.17. The highest BCUT2D eigenvalue weighted by Gasteiger charge is 2.44. The summed E-state index contributed by atoms with van der Waals surface area (Å²) in [6, 6.07) is 0. The van der Waals surface area contributed by atoms with Crippen molar-refractivity contribution in [3.63, 3.8) is 0 Å². The maximum absolute atomic E-state index is 14.6. The molecular weight excluding hydrogens is 421 g/mol. The van der Waals surface area contributed by atoms with Crippen LogP contribution in [0.3, 0.4) is 0 Å². The molecule has 0 amide bonds. The second-order valence-electron chi connectivity index (χ2n) is 7.46. The Balaban J connectivity index is 2.15. The molecule has 2 aliphatic carbocycles. The fraction of sp³-hybridized carbons (Fsp3) is 0.600. The van der Waals surface area contributed by atoms with Crippen LogP contribution < -0.4 is 0 Å². The number of hydrogen-bond acceptors (Lipinski definition) is 1. The summed E-state index contributed by atoms with van der Waals surface area (Å²) in [4.78, 5) is 0. The molecule has 2 aliphatic rings. The summed E-state index contributed by atoms with van der Waals surface area (Å²) in [5.41, 5.74) is 0.742. The van der Waals surface area contributed by atoms with Crippen molar-refractivity contribution in [3.8, 4) is 0 Å². The zero-order valence-corrected chi connectivity index (χ0v) is 16.9. The summed E-state index contributed by atoms with van der Waals surface area (Å²) in [6.45, 7) is 6.16. The minimum atomic E-state index is -3.10. The smallest absolute Gasteiger partial charge is 0.400 e. The lowest BCUT2D eigenvalue weighted by Crippen LogP contribution is -2.34. The minimum absolute atomic E-state index is 0.274. The molecule has 0 aromatic heterocycles. The van der Waals surface area contributed by atoms with Gasteiger partial charge in [0.05, 0.1) is 5.92 Å². The highest BCUT2D eigenvalue weighted by Crippen LogP contribution is 2.42. The average Bonchev–Trinajstić information content (AvgIpc) is 2.64. The first kappa shape index (κ1) is 19.7. The van der Waals surface area contributed by atoms with E-state index in [0.717, 1.165) is 24.8 Å². The molecule has 1 atom stereocenters. The summed E-state index contributed by atoms with van der Waals surface area (Å²) in [5, 5.41) is 0. The SMILES string of the molecule is CC1=CC(C)(C/C=C/I)C=C(OC(F)(F)C2CCC(C)CC2)C=C1. The van der Waals surface area contributed by atoms with Crippen molar-refractivity contribution in [2.24, 2.45) is 17.3 Å². The van der Waals surface area contributed by atoms with E-state index >= 15 is 0 Å². The molecule has 4 heteroatoms. The van der Waals surface area contributed by atoms with Crippen molar-refractivity contribution in [1.29, 1.82) is 0 Å². The molecule has 0 radical (unpaired) electrons. The van der Waals surface area contributed by atoms with E-state index in [1.54, 1.807) is 6.08 Å². The van der Waals surface area contributed by atoms with Gasteiger partial charge >= 0.3 is 6.11 Å². The monoisotopic (exact) mass is 448 g/mol. The van der Waals surface area contributed by atoms with Crippen LogP contribution in [-0.2, 0) is 4.74 Å². The van der Waals surface area contributed by atoms with E-state index in [4.69, 9.17) is 4.74 Å². The molecule has 0 spiro atoms. The Bertz CT molecular complexity index is 554. The number of rotatable bonds is 5. The summed E-state index contributed by atoms with van der Waals surface area (Å²) in [6.07, 6.45) is 9.96. The van der Waals surface area contributed by atoms with Gasteiger partial charge in [0.2, 0.25) is 0 Å². The molecular formula is C20H27F2IO. The van der Waals surface area contributed by atoms with E-state index in [9.17, 15) is 8.78 Å². The van der Waals surface area contributed by atoms with Gasteiger partial charge in [-0.2, -0.15) is 8.78 Å². The Morgan fingerprint density at radius 2 is 1.92 bits per heavy atom. The molecule has 0 aliphatic heterocycles. The van der Waals surface area contributed by atoms with E-state index < -0.39 is 12.0 Å². The molecule has 2 rings (SSSR count). The number of allylic oxidation sites excluding steroid dienone is 6. The standard InChI is InChI=1S/C20H27F2IO/c1-15-5-8-17(9-6-15)20(21,22)24-18-10-7-16(2)13-19(3,14-18)11-4-12-23/h4,7,10,12-15,17H,5-6,8-9,11H2,1-3H3/b12-4+. The van der Waals surface area contributed by atoms with Crippen molar-refractivity contribution in [2.45, 2.75) is 59.0 Å². The van der Waals surface area contributed by atoms with Crippen molar-refractivity contribution in [3.05, 3.63) is 45.8 Å². The minimum Gasteiger partial charge on any atom is -0.433 e. The Morgan fingerprint density at radius 1 is 1.25 bits per heavy atom. The lowest BCUT2D eigenvalue weighted by molar-refractivity contribution is -0.254. The van der Waals surface area contributed by atoms with E-state index in [1.165, 1.54) is 0 Å². The highest BCUT2D eigenvalue weighted by molar-refractivity contribution is 14.1. The van der Waals surface area contributed by atoms with Crippen molar-refractivity contribution in [2.75, 3.05) is 0 Å². The molecule has 0 N–H and O–H groups in total. The van der Waals surface area contributed by atoms with Gasteiger partial charge < -0.3 is 4.74 Å². The summed E-state index contributed by atoms with van der Waals surface area (Å²) in [5.74, 6) is 0.140. The number of halogens is 3. The van der Waals surface area contributed by atoms with Gasteiger partial charge in [0, 0.05) is 5.41 Å². The molecule has 1 nitrogen and oxygen atoms in total. The lowest BCUT2D eigenvalue weighted by Gasteiger charge is -2.32. The third-order valence-electron chi connectivity index (χ3n) is 4.93. The molecule has 0 heterocycles. The van der Waals surface area contributed by atoms with Gasteiger partial charge in [-0.15, -0.1) is 0 Å². The first-order valence-corrected chi connectivity index (χ1v) is 9.91. The summed E-state index contributed by atoms with van der Waals surface area (Å²) in [7, 11) is 0. The van der Waals surface area contributed by atoms with Gasteiger partial charge in [0.25, 0.3) is 0 Å². The Kier molecular flexibility index (Phi) is 6.68. The largest absolute Gasteiger partial charge is 0.433 e. The third-order valence-corrected chi connectivity index (χ3v) is 5.44. The molecule has 0 saturated heterocycles. The Hall–Kier alpha value is -0.650. The lowest BCUT2D eigenvalue weighted by atomic mass is 9.82. The Morgan fingerprint density at radius 3 is 2.54 bits per heavy atom. The number of hydrogen-bond donors (Lipinski definition) is 0. The molecule has 1 fully saturated rings. The van der Waals surface area contributed by atoms with Crippen LogP contribution in [0.15, 0.2) is 45.8 Å². The first-order chi connectivity index (χ1) is 11.2. The van der Waals surface area contributed by atoms with E-state index in [2.05, 4.69) is 35.6 Å². The van der Waals surface area contributed by atoms with Crippen molar-refractivity contribution in [1.82, 2.24) is 0 Å². The van der Waals surface area contributed by atoms with Crippen LogP contribution in [0.5, 0.6) is 0 Å².